The molecule has 0 bridgehead atoms. The smallest absolute Gasteiger partial charge is 0.138 e. The van der Waals surface area contributed by atoms with Crippen molar-refractivity contribution in [2.24, 2.45) is 0 Å². The summed E-state index contributed by atoms with van der Waals surface area (Å²) in [5.41, 5.74) is 0. The molecular weight excluding hydrogens is 244 g/mol. The Morgan fingerprint density at radius 3 is 1.25 bits per heavy atom. The van der Waals surface area contributed by atoms with Crippen molar-refractivity contribution in [2.75, 3.05) is 0 Å². The molecule has 4 heteroatoms. The molecule has 0 heterocycles. The number of hydrogen-bond donors (Lipinski definition) is 0. The molecule has 0 aliphatic rings. The topological polar surface area (TPSA) is 48.6 Å². The summed E-state index contributed by atoms with van der Waals surface area (Å²) in [5, 5.41) is 0. The molecule has 0 aromatic carbocycles. The van der Waals surface area contributed by atoms with Gasteiger partial charge in [-0.15, -0.1) is 0 Å². The standard InChI is InChI=1S/HOP.H2O.Ta/c1-2;;/h2H;1H2;. The van der Waals surface area contributed by atoms with Crippen molar-refractivity contribution >= 4 is 9.12 Å². The van der Waals surface area contributed by atoms with Gasteiger partial charge in [-0.25, -0.2) is 0 Å². The number of hydrogen-bond acceptors (Lipinski definition) is 1. The van der Waals surface area contributed by atoms with Crippen LogP contribution in [-0.2, 0) is 26.9 Å². The van der Waals surface area contributed by atoms with Crippen LogP contribution in [0.2, 0.25) is 0 Å². The van der Waals surface area contributed by atoms with E-state index in [4.69, 9.17) is 4.57 Å². The third-order valence-electron chi connectivity index (χ3n) is 0. The van der Waals surface area contributed by atoms with Crippen LogP contribution in [0.5, 0.6) is 0 Å². The molecule has 4 heavy (non-hydrogen) atoms. The van der Waals surface area contributed by atoms with E-state index in [1.807, 2.05) is 0 Å². The van der Waals surface area contributed by atoms with E-state index in [1.54, 1.807) is 9.12 Å². The van der Waals surface area contributed by atoms with Crippen LogP contribution >= 0.6 is 9.12 Å². The second kappa shape index (κ2) is 46.5. The second-order valence-corrected chi connectivity index (χ2v) is 0. The summed E-state index contributed by atoms with van der Waals surface area (Å²) in [6.07, 6.45) is 0. The maximum absolute atomic E-state index is 8.06. The fraction of sp³-hybridized carbons (Fsp3) is 0. The van der Waals surface area contributed by atoms with E-state index in [1.165, 1.54) is 0 Å². The molecule has 0 aliphatic carbocycles. The van der Waals surface area contributed by atoms with Crippen LogP contribution < -0.4 is 0 Å². The van der Waals surface area contributed by atoms with Crippen molar-refractivity contribution in [3.05, 3.63) is 0 Å². The molecule has 1 radical (unpaired) electrons. The summed E-state index contributed by atoms with van der Waals surface area (Å²) in [5.74, 6) is 0. The van der Waals surface area contributed by atoms with Gasteiger partial charge < -0.3 is 5.48 Å². The fourth-order valence-electron chi connectivity index (χ4n) is 0. The molecule has 0 atom stereocenters. The largest absolute Gasteiger partial charge is 0.412 e. The summed E-state index contributed by atoms with van der Waals surface area (Å²) in [6, 6.07) is 0. The van der Waals surface area contributed by atoms with Gasteiger partial charge in [-0.1, -0.05) is 0 Å². The molecule has 0 aromatic heterocycles. The molecule has 0 aliphatic heterocycles. The van der Waals surface area contributed by atoms with Crippen LogP contribution in [0.3, 0.4) is 0 Å². The van der Waals surface area contributed by atoms with E-state index >= 15 is 0 Å². The molecule has 0 aromatic rings. The Morgan fingerprint density at radius 1 is 1.25 bits per heavy atom. The van der Waals surface area contributed by atoms with Crippen LogP contribution in [-0.4, -0.2) is 5.48 Å². The van der Waals surface area contributed by atoms with Gasteiger partial charge >= 0.3 is 0 Å². The third kappa shape index (κ3) is 14.2. The summed E-state index contributed by atoms with van der Waals surface area (Å²) in [7, 11) is 1.72. The van der Waals surface area contributed by atoms with E-state index in [0.717, 1.165) is 0 Å². The van der Waals surface area contributed by atoms with E-state index in [-0.39, 0.29) is 27.9 Å². The van der Waals surface area contributed by atoms with Crippen LogP contribution in [0.1, 0.15) is 0 Å². The van der Waals surface area contributed by atoms with E-state index < -0.39 is 0 Å². The Morgan fingerprint density at radius 2 is 1.25 bits per heavy atom. The van der Waals surface area contributed by atoms with E-state index in [9.17, 15) is 0 Å². The average Bonchev–Trinajstić information content (AvgIpc) is 1.00. The van der Waals surface area contributed by atoms with Gasteiger partial charge in [0, 0.05) is 22.4 Å². The first-order valence-corrected chi connectivity index (χ1v) is 0.612. The quantitative estimate of drug-likeness (QED) is 0.539. The fourth-order valence-corrected chi connectivity index (χ4v) is 0. The van der Waals surface area contributed by atoms with Gasteiger partial charge in [-0.2, -0.15) is 0 Å². The minimum Gasteiger partial charge on any atom is -0.412 e. The Balaban J connectivity index is -0.00000000500. The Hall–Kier alpha value is 0.800. The molecule has 0 saturated carbocycles. The molecule has 0 spiro atoms. The van der Waals surface area contributed by atoms with Gasteiger partial charge in [0.05, 0.1) is 0 Å². The normalized spacial score (nSPS) is 1.00. The summed E-state index contributed by atoms with van der Waals surface area (Å²) < 4.78 is 8.06. The van der Waals surface area contributed by atoms with Crippen LogP contribution in [0.4, 0.5) is 0 Å². The summed E-state index contributed by atoms with van der Waals surface area (Å²) in [6.45, 7) is 0. The van der Waals surface area contributed by atoms with Crippen molar-refractivity contribution in [1.29, 1.82) is 0 Å². The first kappa shape index (κ1) is 21.4. The minimum absolute atomic E-state index is 0. The Labute approximate surface area is 42.0 Å². The molecule has 0 saturated heterocycles. The van der Waals surface area contributed by atoms with Gasteiger partial charge in [0.25, 0.3) is 0 Å². The monoisotopic (exact) mass is 247 g/mol. The maximum Gasteiger partial charge on any atom is 0.138 e. The molecule has 0 amide bonds. The van der Waals surface area contributed by atoms with Gasteiger partial charge in [-0.3, -0.25) is 4.57 Å². The molecule has 25 valence electrons. The van der Waals surface area contributed by atoms with Crippen LogP contribution in [0.15, 0.2) is 0 Å². The van der Waals surface area contributed by atoms with Gasteiger partial charge in [0.2, 0.25) is 0 Å². The van der Waals surface area contributed by atoms with Gasteiger partial charge in [-0.05, 0) is 0 Å². The van der Waals surface area contributed by atoms with Crippen molar-refractivity contribution in [1.82, 2.24) is 0 Å². The van der Waals surface area contributed by atoms with Crippen molar-refractivity contribution in [3.63, 3.8) is 0 Å². The SMILES string of the molecule is O.O=P.[Ta]. The zero-order chi connectivity index (χ0) is 2.00. The zero-order valence-corrected chi connectivity index (χ0v) is 6.07. The molecule has 0 fully saturated rings. The van der Waals surface area contributed by atoms with Crippen LogP contribution in [0.25, 0.3) is 0 Å². The van der Waals surface area contributed by atoms with Crippen molar-refractivity contribution < 1.29 is 32.4 Å². The van der Waals surface area contributed by atoms with Crippen LogP contribution in [0, 0.1) is 0 Å². The Kier molecular flexibility index (Phi) is 249. The summed E-state index contributed by atoms with van der Waals surface area (Å²) in [4.78, 5) is 0. The summed E-state index contributed by atoms with van der Waals surface area (Å²) >= 11 is 0. The molecule has 2 nitrogen and oxygen atoms in total. The molecule has 0 unspecified atom stereocenters. The average molecular weight is 247 g/mol. The predicted octanol–water partition coefficient (Wildman–Crippen LogP) is -0.353. The van der Waals surface area contributed by atoms with Gasteiger partial charge in [0.1, 0.15) is 9.12 Å². The van der Waals surface area contributed by atoms with Crippen molar-refractivity contribution in [3.8, 4) is 0 Å². The zero-order valence-electron chi connectivity index (χ0n) is 1.86. The first-order valence-electron chi connectivity index (χ1n) is 0.204. The Bertz CT molecular complexity index is 6.00. The van der Waals surface area contributed by atoms with Crippen molar-refractivity contribution in [2.45, 2.75) is 0 Å². The third-order valence-corrected chi connectivity index (χ3v) is 0. The second-order valence-electron chi connectivity index (χ2n) is 0. The molecule has 0 rings (SSSR count). The molecule has 2 N–H and O–H groups in total. The van der Waals surface area contributed by atoms with E-state index in [0.29, 0.717) is 0 Å². The first-order chi connectivity index (χ1) is 1.00. The predicted molar refractivity (Wildman–Crippen MR) is 12.6 cm³/mol. The maximum atomic E-state index is 8.06. The van der Waals surface area contributed by atoms with E-state index in [2.05, 4.69) is 0 Å². The molecular formula is H3O2PTa. The van der Waals surface area contributed by atoms with Gasteiger partial charge in [0.15, 0.2) is 0 Å². The minimum atomic E-state index is 0. The number of rotatable bonds is 0.